The number of rotatable bonds is 0. The van der Waals surface area contributed by atoms with Crippen molar-refractivity contribution >= 4 is 11.6 Å². The Labute approximate surface area is 59.6 Å². The van der Waals surface area contributed by atoms with E-state index in [0.29, 0.717) is 12.2 Å². The smallest absolute Gasteiger partial charge is 0.0969 e. The fraction of sp³-hybridized carbons (Fsp3) is 0.429. The summed E-state index contributed by atoms with van der Waals surface area (Å²) in [5, 5.41) is 9.07. The molecule has 1 aliphatic carbocycles. The minimum absolute atomic E-state index is 0.0197. The van der Waals surface area contributed by atoms with Gasteiger partial charge in [0, 0.05) is 6.42 Å². The van der Waals surface area contributed by atoms with Crippen LogP contribution in [0.25, 0.3) is 0 Å². The highest BCUT2D eigenvalue weighted by Gasteiger charge is 2.09. The van der Waals surface area contributed by atoms with Gasteiger partial charge in [-0.05, 0) is 12.5 Å². The van der Waals surface area contributed by atoms with Crippen LogP contribution in [0, 0.1) is 0 Å². The zero-order valence-corrected chi connectivity index (χ0v) is 6.02. The van der Waals surface area contributed by atoms with Crippen molar-refractivity contribution in [3.63, 3.8) is 0 Å². The summed E-state index contributed by atoms with van der Waals surface area (Å²) < 4.78 is 0. The van der Waals surface area contributed by atoms with E-state index in [1.54, 1.807) is 0 Å². The highest BCUT2D eigenvalue weighted by molar-refractivity contribution is 6.22. The van der Waals surface area contributed by atoms with Gasteiger partial charge in [-0.25, -0.2) is 0 Å². The van der Waals surface area contributed by atoms with Gasteiger partial charge in [0.05, 0.1) is 11.1 Å². The van der Waals surface area contributed by atoms with Crippen molar-refractivity contribution < 1.29 is 5.11 Å². The van der Waals surface area contributed by atoms with Crippen LogP contribution < -0.4 is 0 Å². The normalized spacial score (nSPS) is 27.1. The molecule has 0 fully saturated rings. The summed E-state index contributed by atoms with van der Waals surface area (Å²) in [6, 6.07) is 0. The van der Waals surface area contributed by atoms with Crippen LogP contribution in [0.4, 0.5) is 0 Å². The van der Waals surface area contributed by atoms with Crippen LogP contribution in [0.1, 0.15) is 13.3 Å². The molecule has 1 N–H and O–H groups in total. The lowest BCUT2D eigenvalue weighted by Gasteiger charge is -2.10. The van der Waals surface area contributed by atoms with Gasteiger partial charge < -0.3 is 5.11 Å². The first-order chi connectivity index (χ1) is 4.20. The zero-order chi connectivity index (χ0) is 6.85. The molecular formula is C7H9ClO. The Bertz CT molecular complexity index is 170. The van der Waals surface area contributed by atoms with Gasteiger partial charge in [-0.3, -0.25) is 0 Å². The second-order valence-electron chi connectivity index (χ2n) is 2.21. The van der Waals surface area contributed by atoms with Gasteiger partial charge in [-0.15, -0.1) is 11.6 Å². The predicted molar refractivity (Wildman–Crippen MR) is 38.7 cm³/mol. The number of aliphatic hydroxyl groups is 1. The summed E-state index contributed by atoms with van der Waals surface area (Å²) in [6.07, 6.45) is 4.30. The summed E-state index contributed by atoms with van der Waals surface area (Å²) >= 11 is 5.70. The molecular weight excluding hydrogens is 136 g/mol. The van der Waals surface area contributed by atoms with Crippen LogP contribution in [0.2, 0.25) is 0 Å². The van der Waals surface area contributed by atoms with Crippen molar-refractivity contribution in [3.8, 4) is 0 Å². The lowest BCUT2D eigenvalue weighted by molar-refractivity contribution is 0.383. The third-order valence-electron chi connectivity index (χ3n) is 1.40. The molecule has 0 spiro atoms. The first-order valence-corrected chi connectivity index (χ1v) is 3.35. The number of alkyl halides is 1. The second-order valence-corrected chi connectivity index (χ2v) is 2.77. The topological polar surface area (TPSA) is 20.2 Å². The van der Waals surface area contributed by atoms with E-state index in [1.165, 1.54) is 0 Å². The molecule has 50 valence electrons. The largest absolute Gasteiger partial charge is 0.512 e. The molecule has 0 aliphatic heterocycles. The quantitative estimate of drug-likeness (QED) is 0.518. The molecule has 1 atom stereocenters. The van der Waals surface area contributed by atoms with E-state index in [4.69, 9.17) is 16.7 Å². The minimum Gasteiger partial charge on any atom is -0.512 e. The van der Waals surface area contributed by atoms with E-state index in [9.17, 15) is 0 Å². The Hall–Kier alpha value is -0.430. The highest BCUT2D eigenvalue weighted by Crippen LogP contribution is 2.19. The monoisotopic (exact) mass is 144 g/mol. The molecule has 0 aromatic carbocycles. The molecule has 0 aromatic rings. The number of hydrogen-bond acceptors (Lipinski definition) is 1. The molecule has 0 saturated heterocycles. The van der Waals surface area contributed by atoms with Crippen molar-refractivity contribution in [2.45, 2.75) is 18.7 Å². The molecule has 0 bridgehead atoms. The van der Waals surface area contributed by atoms with Gasteiger partial charge in [-0.1, -0.05) is 12.2 Å². The van der Waals surface area contributed by atoms with Crippen molar-refractivity contribution in [1.29, 1.82) is 0 Å². The minimum atomic E-state index is -0.0197. The van der Waals surface area contributed by atoms with E-state index in [-0.39, 0.29) is 5.38 Å². The summed E-state index contributed by atoms with van der Waals surface area (Å²) in [5.41, 5.74) is 0.923. The summed E-state index contributed by atoms with van der Waals surface area (Å²) in [6.45, 7) is 1.87. The van der Waals surface area contributed by atoms with Crippen LogP contribution in [0.15, 0.2) is 23.5 Å². The van der Waals surface area contributed by atoms with Crippen molar-refractivity contribution in [3.05, 3.63) is 23.5 Å². The maximum absolute atomic E-state index is 9.09. The molecule has 9 heavy (non-hydrogen) atoms. The van der Waals surface area contributed by atoms with Gasteiger partial charge >= 0.3 is 0 Å². The van der Waals surface area contributed by atoms with Crippen molar-refractivity contribution in [1.82, 2.24) is 0 Å². The van der Waals surface area contributed by atoms with Crippen LogP contribution in [-0.2, 0) is 0 Å². The van der Waals surface area contributed by atoms with Gasteiger partial charge in [0.25, 0.3) is 0 Å². The lowest BCUT2D eigenvalue weighted by atomic mass is 10.1. The van der Waals surface area contributed by atoms with Crippen molar-refractivity contribution in [2.24, 2.45) is 0 Å². The number of halogens is 1. The Kier molecular flexibility index (Phi) is 1.81. The third kappa shape index (κ3) is 1.49. The Balaban J connectivity index is 2.75. The summed E-state index contributed by atoms with van der Waals surface area (Å²) in [5.74, 6) is 0.414. The number of aliphatic hydroxyl groups excluding tert-OH is 1. The Morgan fingerprint density at radius 2 is 2.44 bits per heavy atom. The average molecular weight is 145 g/mol. The van der Waals surface area contributed by atoms with Gasteiger partial charge in [0.2, 0.25) is 0 Å². The lowest BCUT2D eigenvalue weighted by Crippen LogP contribution is -2.02. The molecule has 1 rings (SSSR count). The number of hydrogen-bond donors (Lipinski definition) is 1. The molecule has 2 heteroatoms. The Morgan fingerprint density at radius 3 is 2.89 bits per heavy atom. The van der Waals surface area contributed by atoms with E-state index >= 15 is 0 Å². The van der Waals surface area contributed by atoms with Gasteiger partial charge in [-0.2, -0.15) is 0 Å². The van der Waals surface area contributed by atoms with E-state index in [0.717, 1.165) is 5.57 Å². The Morgan fingerprint density at radius 1 is 1.78 bits per heavy atom. The fourth-order valence-electron chi connectivity index (χ4n) is 0.759. The highest BCUT2D eigenvalue weighted by atomic mass is 35.5. The standard InChI is InChI=1S/C7H9ClO/c1-5-2-3-6(8)4-7(5)9/h2-3,6,9H,4H2,1H3. The first kappa shape index (κ1) is 6.69. The van der Waals surface area contributed by atoms with Crippen molar-refractivity contribution in [2.75, 3.05) is 0 Å². The zero-order valence-electron chi connectivity index (χ0n) is 5.26. The molecule has 0 saturated carbocycles. The second kappa shape index (κ2) is 2.44. The van der Waals surface area contributed by atoms with Crippen LogP contribution in [-0.4, -0.2) is 10.5 Å². The summed E-state index contributed by atoms with van der Waals surface area (Å²) in [4.78, 5) is 0. The summed E-state index contributed by atoms with van der Waals surface area (Å²) in [7, 11) is 0. The third-order valence-corrected chi connectivity index (χ3v) is 1.70. The predicted octanol–water partition coefficient (Wildman–Crippen LogP) is 2.39. The van der Waals surface area contributed by atoms with Gasteiger partial charge in [0.1, 0.15) is 0 Å². The first-order valence-electron chi connectivity index (χ1n) is 2.91. The van der Waals surface area contributed by atoms with Crippen LogP contribution >= 0.6 is 11.6 Å². The molecule has 1 unspecified atom stereocenters. The molecule has 1 aliphatic rings. The molecule has 0 amide bonds. The SMILES string of the molecule is CC1=C(O)CC(Cl)C=C1. The van der Waals surface area contributed by atoms with Gasteiger partial charge in [0.15, 0.2) is 0 Å². The fourth-order valence-corrected chi connectivity index (χ4v) is 0.978. The average Bonchev–Trinajstić information content (AvgIpc) is 1.80. The van der Waals surface area contributed by atoms with E-state index < -0.39 is 0 Å². The molecule has 0 heterocycles. The molecule has 1 nitrogen and oxygen atoms in total. The maximum atomic E-state index is 9.09. The van der Waals surface area contributed by atoms with Crippen LogP contribution in [0.3, 0.4) is 0 Å². The molecule has 0 radical (unpaired) electrons. The van der Waals surface area contributed by atoms with E-state index in [1.807, 2.05) is 19.1 Å². The maximum Gasteiger partial charge on any atom is 0.0969 e. The van der Waals surface area contributed by atoms with Crippen LogP contribution in [0.5, 0.6) is 0 Å². The number of allylic oxidation sites excluding steroid dienone is 4. The van der Waals surface area contributed by atoms with E-state index in [2.05, 4.69) is 0 Å². The molecule has 0 aromatic heterocycles.